The van der Waals surface area contributed by atoms with Gasteiger partial charge in [0.25, 0.3) is 5.91 Å². The van der Waals surface area contributed by atoms with Gasteiger partial charge in [-0.1, -0.05) is 54.1 Å². The van der Waals surface area contributed by atoms with Crippen LogP contribution in [0, 0.1) is 6.92 Å². The van der Waals surface area contributed by atoms with Crippen molar-refractivity contribution in [3.63, 3.8) is 0 Å². The van der Waals surface area contributed by atoms with Crippen LogP contribution in [0.1, 0.15) is 57.4 Å². The Balaban J connectivity index is 1.44. The number of methoxy groups -OCH3 is 2. The second-order valence-electron chi connectivity index (χ2n) is 9.60. The van der Waals surface area contributed by atoms with Crippen LogP contribution in [-0.2, 0) is 11.2 Å². The fraction of sp³-hybridized carbons (Fsp3) is 0.333. The van der Waals surface area contributed by atoms with E-state index in [1.54, 1.807) is 14.2 Å². The molecule has 1 heterocycles. The van der Waals surface area contributed by atoms with Crippen LogP contribution in [0.2, 0.25) is 0 Å². The van der Waals surface area contributed by atoms with Gasteiger partial charge in [0.1, 0.15) is 0 Å². The highest BCUT2D eigenvalue weighted by Crippen LogP contribution is 2.47. The first-order valence-electron chi connectivity index (χ1n) is 12.5. The molecule has 36 heavy (non-hydrogen) atoms. The molecule has 5 rings (SSSR count). The van der Waals surface area contributed by atoms with Crippen molar-refractivity contribution in [1.29, 1.82) is 0 Å². The van der Waals surface area contributed by atoms with E-state index in [2.05, 4.69) is 11.4 Å². The van der Waals surface area contributed by atoms with Crippen molar-refractivity contribution in [2.75, 3.05) is 20.8 Å². The number of aryl methyl sites for hydroxylation is 1. The van der Waals surface area contributed by atoms with Gasteiger partial charge in [0, 0.05) is 18.2 Å². The van der Waals surface area contributed by atoms with E-state index in [1.807, 2.05) is 72.5 Å². The van der Waals surface area contributed by atoms with Crippen molar-refractivity contribution < 1.29 is 19.1 Å². The first-order valence-corrected chi connectivity index (χ1v) is 12.5. The minimum absolute atomic E-state index is 0.0222. The van der Waals surface area contributed by atoms with Gasteiger partial charge in [0.2, 0.25) is 5.91 Å². The Morgan fingerprint density at radius 3 is 2.47 bits per heavy atom. The molecule has 3 aromatic rings. The topological polar surface area (TPSA) is 67.9 Å². The minimum atomic E-state index is -0.480. The summed E-state index contributed by atoms with van der Waals surface area (Å²) in [5, 5.41) is 3.17. The standard InChI is InChI=1S/C30H32N2O4/c1-19-7-6-8-21(17-19)28-27(23-9-4-5-10-24(23)30(34)32(28)22-12-13-22)29(33)31-16-15-20-11-14-25(35-2)26(18-20)36-3/h4-11,14,17-18,22,27-28H,12-13,15-16H2,1-3H3,(H,31,33)/t27-,28+/m0/s1. The van der Waals surface area contributed by atoms with Gasteiger partial charge in [-0.3, -0.25) is 9.59 Å². The molecule has 3 aromatic carbocycles. The molecule has 0 aromatic heterocycles. The molecule has 6 heteroatoms. The van der Waals surface area contributed by atoms with E-state index in [9.17, 15) is 9.59 Å². The van der Waals surface area contributed by atoms with E-state index < -0.39 is 5.92 Å². The number of ether oxygens (including phenoxy) is 2. The van der Waals surface area contributed by atoms with Crippen molar-refractivity contribution in [3.8, 4) is 11.5 Å². The maximum Gasteiger partial charge on any atom is 0.254 e. The van der Waals surface area contributed by atoms with Gasteiger partial charge >= 0.3 is 0 Å². The molecular weight excluding hydrogens is 452 g/mol. The van der Waals surface area contributed by atoms with Gasteiger partial charge in [-0.15, -0.1) is 0 Å². The molecule has 0 spiro atoms. The summed E-state index contributed by atoms with van der Waals surface area (Å²) in [6, 6.07) is 21.4. The van der Waals surface area contributed by atoms with E-state index in [0.717, 1.165) is 35.1 Å². The number of amides is 2. The van der Waals surface area contributed by atoms with Crippen LogP contribution in [0.15, 0.2) is 66.7 Å². The number of nitrogens with one attached hydrogen (secondary N) is 1. The van der Waals surface area contributed by atoms with Crippen molar-refractivity contribution in [2.45, 2.75) is 44.2 Å². The predicted octanol–water partition coefficient (Wildman–Crippen LogP) is 4.81. The average molecular weight is 485 g/mol. The molecule has 1 aliphatic heterocycles. The van der Waals surface area contributed by atoms with E-state index in [4.69, 9.17) is 9.47 Å². The van der Waals surface area contributed by atoms with Crippen LogP contribution in [-0.4, -0.2) is 43.5 Å². The summed E-state index contributed by atoms with van der Waals surface area (Å²) in [5.41, 5.74) is 4.59. The highest BCUT2D eigenvalue weighted by atomic mass is 16.5. The Labute approximate surface area is 212 Å². The number of carbonyl (C=O) groups is 2. The lowest BCUT2D eigenvalue weighted by atomic mass is 9.78. The number of nitrogens with zero attached hydrogens (tertiary/aromatic N) is 1. The molecule has 2 atom stereocenters. The van der Waals surface area contributed by atoms with Crippen LogP contribution >= 0.6 is 0 Å². The first-order chi connectivity index (χ1) is 17.5. The Hall–Kier alpha value is -3.80. The summed E-state index contributed by atoms with van der Waals surface area (Å²) >= 11 is 0. The summed E-state index contributed by atoms with van der Waals surface area (Å²) < 4.78 is 10.7. The van der Waals surface area contributed by atoms with Gasteiger partial charge in [-0.25, -0.2) is 0 Å². The monoisotopic (exact) mass is 484 g/mol. The largest absolute Gasteiger partial charge is 0.493 e. The Morgan fingerprint density at radius 2 is 1.75 bits per heavy atom. The third-order valence-corrected chi connectivity index (χ3v) is 7.14. The van der Waals surface area contributed by atoms with Crippen molar-refractivity contribution in [1.82, 2.24) is 10.2 Å². The van der Waals surface area contributed by atoms with E-state index in [0.29, 0.717) is 30.0 Å². The fourth-order valence-electron chi connectivity index (χ4n) is 5.27. The third kappa shape index (κ3) is 4.55. The zero-order chi connectivity index (χ0) is 25.2. The second-order valence-corrected chi connectivity index (χ2v) is 9.60. The molecule has 2 amide bonds. The quantitative estimate of drug-likeness (QED) is 0.498. The Kier molecular flexibility index (Phi) is 6.68. The average Bonchev–Trinajstić information content (AvgIpc) is 3.73. The molecule has 0 radical (unpaired) electrons. The van der Waals surface area contributed by atoms with E-state index in [-0.39, 0.29) is 23.9 Å². The second kappa shape index (κ2) is 10.1. The zero-order valence-electron chi connectivity index (χ0n) is 21.0. The zero-order valence-corrected chi connectivity index (χ0v) is 21.0. The normalized spacial score (nSPS) is 19.0. The maximum absolute atomic E-state index is 13.8. The SMILES string of the molecule is COc1ccc(CCNC(=O)[C@H]2c3ccccc3C(=O)N(C3CC3)[C@@H]2c2cccc(C)c2)cc1OC. The number of rotatable bonds is 8. The lowest BCUT2D eigenvalue weighted by Crippen LogP contribution is -2.48. The molecule has 1 aliphatic carbocycles. The molecule has 1 N–H and O–H groups in total. The summed E-state index contributed by atoms with van der Waals surface area (Å²) in [6.07, 6.45) is 2.61. The van der Waals surface area contributed by atoms with Crippen LogP contribution in [0.5, 0.6) is 11.5 Å². The predicted molar refractivity (Wildman–Crippen MR) is 139 cm³/mol. The fourth-order valence-corrected chi connectivity index (χ4v) is 5.27. The van der Waals surface area contributed by atoms with Gasteiger partial charge < -0.3 is 19.7 Å². The smallest absolute Gasteiger partial charge is 0.254 e. The van der Waals surface area contributed by atoms with Crippen LogP contribution < -0.4 is 14.8 Å². The molecule has 186 valence electrons. The van der Waals surface area contributed by atoms with Gasteiger partial charge in [-0.2, -0.15) is 0 Å². The van der Waals surface area contributed by atoms with Crippen LogP contribution in [0.4, 0.5) is 0 Å². The molecule has 2 aliphatic rings. The van der Waals surface area contributed by atoms with Crippen molar-refractivity contribution in [3.05, 3.63) is 94.5 Å². The maximum atomic E-state index is 13.8. The molecule has 1 fully saturated rings. The van der Waals surface area contributed by atoms with Crippen LogP contribution in [0.3, 0.4) is 0 Å². The number of hydrogen-bond acceptors (Lipinski definition) is 4. The summed E-state index contributed by atoms with van der Waals surface area (Å²) in [7, 11) is 3.22. The number of fused-ring (bicyclic) bond motifs is 1. The van der Waals surface area contributed by atoms with Gasteiger partial charge in [0.05, 0.1) is 26.2 Å². The highest BCUT2D eigenvalue weighted by Gasteiger charge is 2.48. The molecule has 0 unspecified atom stereocenters. The van der Waals surface area contributed by atoms with Crippen LogP contribution in [0.25, 0.3) is 0 Å². The number of hydrogen-bond donors (Lipinski definition) is 1. The Bertz CT molecular complexity index is 1280. The minimum Gasteiger partial charge on any atom is -0.493 e. The molecule has 0 bridgehead atoms. The Morgan fingerprint density at radius 1 is 0.972 bits per heavy atom. The molecule has 1 saturated carbocycles. The van der Waals surface area contributed by atoms with E-state index in [1.165, 1.54) is 0 Å². The lowest BCUT2D eigenvalue weighted by molar-refractivity contribution is -0.124. The highest BCUT2D eigenvalue weighted by molar-refractivity contribution is 6.01. The first kappa shape index (κ1) is 23.9. The van der Waals surface area contributed by atoms with E-state index >= 15 is 0 Å². The number of carbonyl (C=O) groups excluding carboxylic acids is 2. The lowest BCUT2D eigenvalue weighted by Gasteiger charge is -2.42. The third-order valence-electron chi connectivity index (χ3n) is 7.14. The number of benzene rings is 3. The van der Waals surface area contributed by atoms with Gasteiger partial charge in [0.15, 0.2) is 11.5 Å². The molecule has 0 saturated heterocycles. The van der Waals surface area contributed by atoms with Crippen molar-refractivity contribution in [2.24, 2.45) is 0 Å². The summed E-state index contributed by atoms with van der Waals surface area (Å²) in [5.74, 6) is 0.823. The summed E-state index contributed by atoms with van der Waals surface area (Å²) in [4.78, 5) is 29.4. The molecular formula is C30H32N2O4. The van der Waals surface area contributed by atoms with Crippen molar-refractivity contribution >= 4 is 11.8 Å². The molecule has 6 nitrogen and oxygen atoms in total. The summed E-state index contributed by atoms with van der Waals surface area (Å²) in [6.45, 7) is 2.52. The van der Waals surface area contributed by atoms with Gasteiger partial charge in [-0.05, 0) is 61.1 Å².